The molecule has 0 amide bonds. The highest BCUT2D eigenvalue weighted by atomic mass is 35.5. The van der Waals surface area contributed by atoms with E-state index < -0.39 is 10.0 Å². The summed E-state index contributed by atoms with van der Waals surface area (Å²) in [5, 5.41) is 20.1. The summed E-state index contributed by atoms with van der Waals surface area (Å²) in [6.45, 7) is 5.31. The molecule has 0 saturated carbocycles. The highest BCUT2D eigenvalue weighted by Gasteiger charge is 2.28. The van der Waals surface area contributed by atoms with Gasteiger partial charge in [-0.15, -0.1) is 12.4 Å². The topological polar surface area (TPSA) is 113 Å². The number of fused-ring (bicyclic) bond motifs is 1. The SMILES string of the molecule is CCN1CCN(S(=O)(=O)c2ccc(-c3c(O)[nH]c4ccc(C#N)cc34)nc2)CC1.Cl. The lowest BCUT2D eigenvalue weighted by Crippen LogP contribution is -2.48. The number of nitrogens with one attached hydrogen (secondary N) is 1. The predicted octanol–water partition coefficient (Wildman–Crippen LogP) is 2.56. The summed E-state index contributed by atoms with van der Waals surface area (Å²) < 4.78 is 27.3. The average Bonchev–Trinajstić information content (AvgIpc) is 3.08. The monoisotopic (exact) mass is 447 g/mol. The highest BCUT2D eigenvalue weighted by Crippen LogP contribution is 2.36. The first kappa shape index (κ1) is 22.1. The fourth-order valence-electron chi connectivity index (χ4n) is 3.62. The van der Waals surface area contributed by atoms with Gasteiger partial charge < -0.3 is 15.0 Å². The van der Waals surface area contributed by atoms with Gasteiger partial charge in [-0.3, -0.25) is 4.98 Å². The number of aromatic amines is 1. The van der Waals surface area contributed by atoms with E-state index >= 15 is 0 Å². The summed E-state index contributed by atoms with van der Waals surface area (Å²) in [5.74, 6) is -0.0751. The van der Waals surface area contributed by atoms with Crippen LogP contribution in [0.25, 0.3) is 22.2 Å². The molecule has 158 valence electrons. The highest BCUT2D eigenvalue weighted by molar-refractivity contribution is 7.89. The molecule has 2 aromatic heterocycles. The molecular weight excluding hydrogens is 426 g/mol. The number of piperazine rings is 1. The number of pyridine rings is 1. The number of sulfonamides is 1. The van der Waals surface area contributed by atoms with Crippen LogP contribution in [0, 0.1) is 11.3 Å². The number of rotatable bonds is 4. The Balaban J connectivity index is 0.00000256. The van der Waals surface area contributed by atoms with Gasteiger partial charge in [0.1, 0.15) is 4.90 Å². The predicted molar refractivity (Wildman–Crippen MR) is 116 cm³/mol. The van der Waals surface area contributed by atoms with Gasteiger partial charge in [-0.25, -0.2) is 8.42 Å². The Morgan fingerprint density at radius 2 is 1.93 bits per heavy atom. The largest absolute Gasteiger partial charge is 0.494 e. The molecule has 3 heterocycles. The molecule has 4 rings (SSSR count). The molecule has 0 bridgehead atoms. The zero-order valence-corrected chi connectivity index (χ0v) is 18.0. The fraction of sp³-hybridized carbons (Fsp3) is 0.300. The Hall–Kier alpha value is -2.64. The van der Waals surface area contributed by atoms with Crippen molar-refractivity contribution >= 4 is 33.3 Å². The fourth-order valence-corrected chi connectivity index (χ4v) is 4.99. The van der Waals surface area contributed by atoms with Crippen molar-refractivity contribution in [3.8, 4) is 23.2 Å². The molecule has 1 saturated heterocycles. The molecule has 3 aromatic rings. The van der Waals surface area contributed by atoms with Crippen molar-refractivity contribution < 1.29 is 13.5 Å². The molecule has 0 spiro atoms. The van der Waals surface area contributed by atoms with Crippen molar-refractivity contribution in [2.24, 2.45) is 0 Å². The summed E-state index contributed by atoms with van der Waals surface area (Å²) in [7, 11) is -3.61. The first-order valence-electron chi connectivity index (χ1n) is 9.37. The second kappa shape index (κ2) is 8.62. The molecule has 2 N–H and O–H groups in total. The molecular formula is C20H22ClN5O3S. The first-order valence-corrected chi connectivity index (χ1v) is 10.8. The van der Waals surface area contributed by atoms with Gasteiger partial charge in [0.15, 0.2) is 5.88 Å². The van der Waals surface area contributed by atoms with Crippen molar-refractivity contribution in [2.75, 3.05) is 32.7 Å². The lowest BCUT2D eigenvalue weighted by atomic mass is 10.1. The molecule has 0 atom stereocenters. The minimum Gasteiger partial charge on any atom is -0.494 e. The Bertz CT molecular complexity index is 1190. The van der Waals surface area contributed by atoms with Crippen LogP contribution in [0.5, 0.6) is 5.88 Å². The van der Waals surface area contributed by atoms with Gasteiger partial charge in [-0.2, -0.15) is 9.57 Å². The summed E-state index contributed by atoms with van der Waals surface area (Å²) in [6, 6.07) is 10.2. The molecule has 8 nitrogen and oxygen atoms in total. The van der Waals surface area contributed by atoms with Crippen LogP contribution in [-0.4, -0.2) is 65.4 Å². The van der Waals surface area contributed by atoms with Gasteiger partial charge in [-0.1, -0.05) is 6.92 Å². The number of hydrogen-bond donors (Lipinski definition) is 2. The van der Waals surface area contributed by atoms with E-state index in [1.165, 1.54) is 16.6 Å². The smallest absolute Gasteiger partial charge is 0.244 e. The minimum absolute atomic E-state index is 0. The Morgan fingerprint density at radius 3 is 2.53 bits per heavy atom. The third kappa shape index (κ3) is 3.87. The van der Waals surface area contributed by atoms with Crippen molar-refractivity contribution in [1.82, 2.24) is 19.2 Å². The molecule has 0 unspecified atom stereocenters. The Morgan fingerprint density at radius 1 is 1.20 bits per heavy atom. The zero-order chi connectivity index (χ0) is 20.6. The Labute approximate surface area is 181 Å². The Kier molecular flexibility index (Phi) is 6.33. The molecule has 1 aliphatic rings. The first-order chi connectivity index (χ1) is 13.9. The van der Waals surface area contributed by atoms with Crippen molar-refractivity contribution in [2.45, 2.75) is 11.8 Å². The number of halogens is 1. The molecule has 1 fully saturated rings. The van der Waals surface area contributed by atoms with E-state index in [-0.39, 0.29) is 23.2 Å². The third-order valence-electron chi connectivity index (χ3n) is 5.32. The number of benzene rings is 1. The van der Waals surface area contributed by atoms with Crippen LogP contribution >= 0.6 is 12.4 Å². The maximum atomic E-state index is 12.9. The summed E-state index contributed by atoms with van der Waals surface area (Å²) in [4.78, 5) is 9.50. The van der Waals surface area contributed by atoms with E-state index in [9.17, 15) is 13.5 Å². The normalized spacial score (nSPS) is 15.6. The van der Waals surface area contributed by atoms with Crippen molar-refractivity contribution in [1.29, 1.82) is 5.26 Å². The van der Waals surface area contributed by atoms with Crippen LogP contribution in [0.1, 0.15) is 12.5 Å². The lowest BCUT2D eigenvalue weighted by Gasteiger charge is -2.33. The zero-order valence-electron chi connectivity index (χ0n) is 16.4. The van der Waals surface area contributed by atoms with E-state index in [1.807, 2.05) is 0 Å². The van der Waals surface area contributed by atoms with Gasteiger partial charge in [0.2, 0.25) is 10.0 Å². The molecule has 1 aromatic carbocycles. The number of aromatic nitrogens is 2. The second-order valence-electron chi connectivity index (χ2n) is 6.94. The third-order valence-corrected chi connectivity index (χ3v) is 7.20. The van der Waals surface area contributed by atoms with Crippen LogP contribution in [0.4, 0.5) is 0 Å². The number of nitriles is 1. The summed E-state index contributed by atoms with van der Waals surface area (Å²) >= 11 is 0. The molecule has 10 heteroatoms. The van der Waals surface area contributed by atoms with E-state index in [1.54, 1.807) is 24.3 Å². The quantitative estimate of drug-likeness (QED) is 0.635. The summed E-state index contributed by atoms with van der Waals surface area (Å²) in [6.07, 6.45) is 1.32. The maximum Gasteiger partial charge on any atom is 0.244 e. The van der Waals surface area contributed by atoms with Gasteiger partial charge in [-0.05, 0) is 36.9 Å². The van der Waals surface area contributed by atoms with Crippen LogP contribution in [0.3, 0.4) is 0 Å². The van der Waals surface area contributed by atoms with Gasteiger partial charge in [0, 0.05) is 43.3 Å². The average molecular weight is 448 g/mol. The number of aromatic hydroxyl groups is 1. The van der Waals surface area contributed by atoms with E-state index in [0.29, 0.717) is 53.9 Å². The minimum atomic E-state index is -3.61. The van der Waals surface area contributed by atoms with Gasteiger partial charge in [0.05, 0.1) is 22.9 Å². The summed E-state index contributed by atoms with van der Waals surface area (Å²) in [5.41, 5.74) is 2.00. The van der Waals surface area contributed by atoms with E-state index in [4.69, 9.17) is 5.26 Å². The molecule has 1 aliphatic heterocycles. The second-order valence-corrected chi connectivity index (χ2v) is 8.88. The van der Waals surface area contributed by atoms with Crippen LogP contribution in [0.15, 0.2) is 41.4 Å². The van der Waals surface area contributed by atoms with Gasteiger partial charge >= 0.3 is 0 Å². The molecule has 30 heavy (non-hydrogen) atoms. The number of likely N-dealkylation sites (N-methyl/N-ethyl adjacent to an activating group) is 1. The van der Waals surface area contributed by atoms with Crippen LogP contribution in [0.2, 0.25) is 0 Å². The molecule has 0 aliphatic carbocycles. The van der Waals surface area contributed by atoms with E-state index in [2.05, 4.69) is 27.9 Å². The van der Waals surface area contributed by atoms with Crippen LogP contribution in [-0.2, 0) is 10.0 Å². The number of nitrogens with zero attached hydrogens (tertiary/aromatic N) is 4. The van der Waals surface area contributed by atoms with Gasteiger partial charge in [0.25, 0.3) is 0 Å². The van der Waals surface area contributed by atoms with Crippen molar-refractivity contribution in [3.63, 3.8) is 0 Å². The van der Waals surface area contributed by atoms with Crippen LogP contribution < -0.4 is 0 Å². The van der Waals surface area contributed by atoms with E-state index in [0.717, 1.165) is 6.54 Å². The lowest BCUT2D eigenvalue weighted by molar-refractivity contribution is 0.196. The number of hydrogen-bond acceptors (Lipinski definition) is 6. The maximum absolute atomic E-state index is 12.9. The molecule has 0 radical (unpaired) electrons. The standard InChI is InChI=1S/C20H21N5O3S.ClH/c1-2-24-7-9-25(10-8-24)29(27,28)15-4-6-18(22-13-15)19-16-11-14(12-21)3-5-17(16)23-20(19)26;/h3-6,11,13,23,26H,2,7-10H2,1H3;1H. The number of H-pyrrole nitrogens is 1. The van der Waals surface area contributed by atoms with Crippen molar-refractivity contribution in [3.05, 3.63) is 42.1 Å².